The molecule has 72 valence electrons. The van der Waals surface area contributed by atoms with Crippen molar-refractivity contribution in [3.63, 3.8) is 0 Å². The normalized spacial score (nSPS) is 20.3. The second-order valence-electron chi connectivity index (χ2n) is 3.76. The summed E-state index contributed by atoms with van der Waals surface area (Å²) in [6.45, 7) is 0. The predicted molar refractivity (Wildman–Crippen MR) is 53.3 cm³/mol. The van der Waals surface area contributed by atoms with Crippen molar-refractivity contribution in [1.82, 2.24) is 0 Å². The van der Waals surface area contributed by atoms with Gasteiger partial charge in [-0.3, -0.25) is 4.79 Å². The van der Waals surface area contributed by atoms with E-state index >= 15 is 0 Å². The van der Waals surface area contributed by atoms with Crippen LogP contribution in [0.3, 0.4) is 0 Å². The van der Waals surface area contributed by atoms with Crippen LogP contribution in [0.4, 0.5) is 0 Å². The smallest absolute Gasteiger partial charge is 0.163 e. The Kier molecular flexibility index (Phi) is 2.44. The molecule has 0 saturated heterocycles. The molecule has 0 amide bonds. The van der Waals surface area contributed by atoms with Gasteiger partial charge in [0.15, 0.2) is 5.78 Å². The van der Waals surface area contributed by atoms with Gasteiger partial charge >= 0.3 is 0 Å². The molecule has 0 heterocycles. The average Bonchev–Trinajstić information content (AvgIpc) is 2.18. The molecule has 1 unspecified atom stereocenters. The number of aldehydes is 1. The number of rotatable bonds is 2. The lowest BCUT2D eigenvalue weighted by atomic mass is 9.82. The maximum absolute atomic E-state index is 11.7. The van der Waals surface area contributed by atoms with Gasteiger partial charge in [0.1, 0.15) is 6.29 Å². The van der Waals surface area contributed by atoms with Crippen LogP contribution < -0.4 is 0 Å². The zero-order valence-electron chi connectivity index (χ0n) is 7.90. The van der Waals surface area contributed by atoms with Gasteiger partial charge in [-0.2, -0.15) is 0 Å². The number of carbonyl (C=O) groups is 2. The number of benzene rings is 1. The van der Waals surface area contributed by atoms with Crippen molar-refractivity contribution in [2.75, 3.05) is 0 Å². The highest BCUT2D eigenvalue weighted by molar-refractivity contribution is 5.98. The van der Waals surface area contributed by atoms with Crippen molar-refractivity contribution in [3.05, 3.63) is 35.4 Å². The fraction of sp³-hybridized carbons (Fsp3) is 0.333. The van der Waals surface area contributed by atoms with E-state index in [1.807, 2.05) is 24.3 Å². The standard InChI is InChI=1S/C12H12O2/c13-6-5-9-7-10-3-1-2-4-11(10)12(14)8-9/h1-4,6,9H,5,7-8H2. The molecular formula is C12H12O2. The first-order valence-electron chi connectivity index (χ1n) is 4.86. The predicted octanol–water partition coefficient (Wildman–Crippen LogP) is 2.02. The van der Waals surface area contributed by atoms with E-state index in [0.717, 1.165) is 23.8 Å². The molecule has 14 heavy (non-hydrogen) atoms. The minimum Gasteiger partial charge on any atom is -0.303 e. The Balaban J connectivity index is 2.28. The topological polar surface area (TPSA) is 34.1 Å². The van der Waals surface area contributed by atoms with Gasteiger partial charge in [-0.05, 0) is 17.9 Å². The number of ketones is 1. The number of hydrogen-bond donors (Lipinski definition) is 0. The summed E-state index contributed by atoms with van der Waals surface area (Å²) in [5.74, 6) is 0.397. The molecule has 0 spiro atoms. The van der Waals surface area contributed by atoms with Crippen LogP contribution in [0, 0.1) is 5.92 Å². The molecular weight excluding hydrogens is 176 g/mol. The summed E-state index contributed by atoms with van der Waals surface area (Å²) in [6, 6.07) is 7.67. The molecule has 2 heteroatoms. The highest BCUT2D eigenvalue weighted by Gasteiger charge is 2.23. The van der Waals surface area contributed by atoms with Crippen LogP contribution in [0.15, 0.2) is 24.3 Å². The summed E-state index contributed by atoms with van der Waals surface area (Å²) in [7, 11) is 0. The molecule has 0 saturated carbocycles. The minimum absolute atomic E-state index is 0.179. The summed E-state index contributed by atoms with van der Waals surface area (Å²) >= 11 is 0. The third-order valence-electron chi connectivity index (χ3n) is 2.73. The van der Waals surface area contributed by atoms with Crippen LogP contribution in [-0.4, -0.2) is 12.1 Å². The lowest BCUT2D eigenvalue weighted by Gasteiger charge is -2.21. The van der Waals surface area contributed by atoms with E-state index in [1.165, 1.54) is 0 Å². The molecule has 0 N–H and O–H groups in total. The second-order valence-corrected chi connectivity index (χ2v) is 3.76. The molecule has 1 atom stereocenters. The van der Waals surface area contributed by atoms with Gasteiger partial charge in [0, 0.05) is 18.4 Å². The van der Waals surface area contributed by atoms with Crippen LogP contribution in [-0.2, 0) is 11.2 Å². The van der Waals surface area contributed by atoms with Gasteiger partial charge in [0.25, 0.3) is 0 Å². The fourth-order valence-corrected chi connectivity index (χ4v) is 2.03. The van der Waals surface area contributed by atoms with E-state index in [-0.39, 0.29) is 11.7 Å². The number of Topliss-reactive ketones (excluding diaryl/α,β-unsaturated/α-hetero) is 1. The molecule has 2 nitrogen and oxygen atoms in total. The fourth-order valence-electron chi connectivity index (χ4n) is 2.03. The highest BCUT2D eigenvalue weighted by Crippen LogP contribution is 2.26. The van der Waals surface area contributed by atoms with Gasteiger partial charge in [0.05, 0.1) is 0 Å². The average molecular weight is 188 g/mol. The Morgan fingerprint density at radius 1 is 1.29 bits per heavy atom. The third kappa shape index (κ3) is 1.60. The molecule has 1 aliphatic rings. The van der Waals surface area contributed by atoms with Crippen LogP contribution in [0.25, 0.3) is 0 Å². The second kappa shape index (κ2) is 3.74. The van der Waals surface area contributed by atoms with Crippen molar-refractivity contribution in [3.8, 4) is 0 Å². The van der Waals surface area contributed by atoms with Crippen molar-refractivity contribution in [2.45, 2.75) is 19.3 Å². The van der Waals surface area contributed by atoms with Crippen molar-refractivity contribution in [2.24, 2.45) is 5.92 Å². The number of fused-ring (bicyclic) bond motifs is 1. The first-order valence-corrected chi connectivity index (χ1v) is 4.86. The molecule has 1 aromatic rings. The molecule has 0 fully saturated rings. The Morgan fingerprint density at radius 2 is 2.07 bits per heavy atom. The van der Waals surface area contributed by atoms with Crippen molar-refractivity contribution < 1.29 is 9.59 Å². The van der Waals surface area contributed by atoms with Crippen LogP contribution in [0.2, 0.25) is 0 Å². The highest BCUT2D eigenvalue weighted by atomic mass is 16.1. The summed E-state index contributed by atoms with van der Waals surface area (Å²) in [4.78, 5) is 22.0. The summed E-state index contributed by atoms with van der Waals surface area (Å²) in [5.41, 5.74) is 1.94. The Bertz CT molecular complexity index is 368. The van der Waals surface area contributed by atoms with Crippen LogP contribution >= 0.6 is 0 Å². The molecule has 1 aromatic carbocycles. The SMILES string of the molecule is O=CCC1CC(=O)c2ccccc2C1. The maximum atomic E-state index is 11.7. The zero-order chi connectivity index (χ0) is 9.97. The van der Waals surface area contributed by atoms with Crippen molar-refractivity contribution in [1.29, 1.82) is 0 Å². The molecule has 0 aliphatic heterocycles. The first-order chi connectivity index (χ1) is 6.81. The van der Waals surface area contributed by atoms with E-state index in [2.05, 4.69) is 0 Å². The molecule has 0 aromatic heterocycles. The quantitative estimate of drug-likeness (QED) is 0.665. The molecule has 1 aliphatic carbocycles. The summed E-state index contributed by atoms with van der Waals surface area (Å²) in [5, 5.41) is 0. The molecule has 2 rings (SSSR count). The lowest BCUT2D eigenvalue weighted by Crippen LogP contribution is -2.20. The largest absolute Gasteiger partial charge is 0.303 e. The van der Waals surface area contributed by atoms with Gasteiger partial charge in [-0.25, -0.2) is 0 Å². The van der Waals surface area contributed by atoms with Crippen LogP contribution in [0.5, 0.6) is 0 Å². The Labute approximate surface area is 82.9 Å². The van der Waals surface area contributed by atoms with Gasteiger partial charge < -0.3 is 4.79 Å². The number of hydrogen-bond acceptors (Lipinski definition) is 2. The Hall–Kier alpha value is -1.44. The van der Waals surface area contributed by atoms with Crippen molar-refractivity contribution >= 4 is 12.1 Å². The van der Waals surface area contributed by atoms with E-state index in [1.54, 1.807) is 0 Å². The first kappa shape index (κ1) is 9.13. The van der Waals surface area contributed by atoms with Gasteiger partial charge in [-0.15, -0.1) is 0 Å². The Morgan fingerprint density at radius 3 is 2.86 bits per heavy atom. The zero-order valence-corrected chi connectivity index (χ0v) is 7.90. The van der Waals surface area contributed by atoms with Crippen LogP contribution in [0.1, 0.15) is 28.8 Å². The van der Waals surface area contributed by atoms with E-state index in [0.29, 0.717) is 12.8 Å². The molecule has 0 radical (unpaired) electrons. The summed E-state index contributed by atoms with van der Waals surface area (Å²) in [6.07, 6.45) is 2.79. The van der Waals surface area contributed by atoms with E-state index in [9.17, 15) is 9.59 Å². The van der Waals surface area contributed by atoms with E-state index in [4.69, 9.17) is 0 Å². The van der Waals surface area contributed by atoms with E-state index < -0.39 is 0 Å². The lowest BCUT2D eigenvalue weighted by molar-refractivity contribution is -0.108. The minimum atomic E-state index is 0.179. The monoisotopic (exact) mass is 188 g/mol. The number of carbonyl (C=O) groups excluding carboxylic acids is 2. The maximum Gasteiger partial charge on any atom is 0.163 e. The van der Waals surface area contributed by atoms with Gasteiger partial charge in [0.2, 0.25) is 0 Å². The van der Waals surface area contributed by atoms with Gasteiger partial charge in [-0.1, -0.05) is 24.3 Å². The summed E-state index contributed by atoms with van der Waals surface area (Å²) < 4.78 is 0. The molecule has 0 bridgehead atoms. The third-order valence-corrected chi connectivity index (χ3v) is 2.73.